The lowest BCUT2D eigenvalue weighted by atomic mass is 10.2. The molecule has 0 atom stereocenters. The molecule has 0 unspecified atom stereocenters. The van der Waals surface area contributed by atoms with Crippen LogP contribution in [0.2, 0.25) is 0 Å². The van der Waals surface area contributed by atoms with Crippen LogP contribution in [-0.2, 0) is 14.8 Å². The molecule has 0 radical (unpaired) electrons. The number of carbonyl (C=O) groups is 1. The van der Waals surface area contributed by atoms with Crippen molar-refractivity contribution < 1.29 is 22.7 Å². The normalized spacial score (nSPS) is 11.1. The second-order valence-corrected chi connectivity index (χ2v) is 6.44. The van der Waals surface area contributed by atoms with E-state index in [4.69, 9.17) is 9.47 Å². The fraction of sp³-hybridized carbons (Fsp3) is 0.357. The predicted molar refractivity (Wildman–Crippen MR) is 84.8 cm³/mol. The lowest BCUT2D eigenvalue weighted by Crippen LogP contribution is -2.37. The van der Waals surface area contributed by atoms with Gasteiger partial charge in [0.1, 0.15) is 11.5 Å². The Morgan fingerprint density at radius 2 is 2.05 bits per heavy atom. The van der Waals surface area contributed by atoms with E-state index in [-0.39, 0.29) is 13.1 Å². The summed E-state index contributed by atoms with van der Waals surface area (Å²) in [5.74, 6) is 0.504. The summed E-state index contributed by atoms with van der Waals surface area (Å²) in [5.41, 5.74) is 0.402. The summed E-state index contributed by atoms with van der Waals surface area (Å²) >= 11 is 0. The van der Waals surface area contributed by atoms with Crippen molar-refractivity contribution in [2.24, 2.45) is 0 Å². The topological polar surface area (TPSA) is 84.9 Å². The summed E-state index contributed by atoms with van der Waals surface area (Å²) in [6, 6.07) is 4.93. The van der Waals surface area contributed by atoms with Crippen molar-refractivity contribution in [1.82, 2.24) is 4.31 Å². The van der Waals surface area contributed by atoms with Gasteiger partial charge in [-0.2, -0.15) is 4.31 Å². The Kier molecular flexibility index (Phi) is 6.39. The van der Waals surface area contributed by atoms with E-state index >= 15 is 0 Å². The summed E-state index contributed by atoms with van der Waals surface area (Å²) in [7, 11) is -0.525. The van der Waals surface area contributed by atoms with Crippen LogP contribution in [0.5, 0.6) is 11.5 Å². The minimum absolute atomic E-state index is 0.0570. The minimum atomic E-state index is -3.50. The predicted octanol–water partition coefficient (Wildman–Crippen LogP) is 1.09. The molecule has 1 aromatic carbocycles. The molecule has 0 spiro atoms. The van der Waals surface area contributed by atoms with Gasteiger partial charge in [0.2, 0.25) is 15.9 Å². The summed E-state index contributed by atoms with van der Waals surface area (Å²) in [5, 5.41) is 2.61. The highest BCUT2D eigenvalue weighted by Gasteiger charge is 2.19. The zero-order valence-corrected chi connectivity index (χ0v) is 13.6. The highest BCUT2D eigenvalue weighted by atomic mass is 32.2. The second kappa shape index (κ2) is 7.81. The Balaban J connectivity index is 2.90. The molecule has 7 nitrogen and oxygen atoms in total. The number of nitrogens with zero attached hydrogens (tertiary/aromatic N) is 1. The fourth-order valence-corrected chi connectivity index (χ4v) is 2.45. The van der Waals surface area contributed by atoms with E-state index in [1.807, 2.05) is 0 Å². The van der Waals surface area contributed by atoms with Crippen LogP contribution in [0, 0.1) is 0 Å². The molecule has 22 heavy (non-hydrogen) atoms. The molecule has 0 aromatic heterocycles. The third kappa shape index (κ3) is 5.05. The van der Waals surface area contributed by atoms with Crippen LogP contribution in [0.4, 0.5) is 5.69 Å². The Hall–Kier alpha value is -2.06. The maximum absolute atomic E-state index is 12.1. The highest BCUT2D eigenvalue weighted by molar-refractivity contribution is 7.88. The molecule has 8 heteroatoms. The number of amides is 1. The molecular weight excluding hydrogens is 308 g/mol. The van der Waals surface area contributed by atoms with E-state index in [9.17, 15) is 13.2 Å². The highest BCUT2D eigenvalue weighted by Crippen LogP contribution is 2.28. The first-order valence-electron chi connectivity index (χ1n) is 6.39. The van der Waals surface area contributed by atoms with Gasteiger partial charge in [-0.15, -0.1) is 6.58 Å². The third-order valence-electron chi connectivity index (χ3n) is 2.80. The van der Waals surface area contributed by atoms with Crippen molar-refractivity contribution in [1.29, 1.82) is 0 Å². The Morgan fingerprint density at radius 3 is 2.55 bits per heavy atom. The molecule has 1 aromatic rings. The zero-order valence-electron chi connectivity index (χ0n) is 12.8. The lowest BCUT2D eigenvalue weighted by Gasteiger charge is -2.18. The molecule has 0 bridgehead atoms. The number of sulfonamides is 1. The number of nitrogens with one attached hydrogen (secondary N) is 1. The van der Waals surface area contributed by atoms with E-state index in [1.54, 1.807) is 18.2 Å². The zero-order chi connectivity index (χ0) is 16.8. The summed E-state index contributed by atoms with van der Waals surface area (Å²) in [6.07, 6.45) is 2.45. The first-order chi connectivity index (χ1) is 10.3. The molecule has 0 fully saturated rings. The number of rotatable bonds is 8. The third-order valence-corrected chi connectivity index (χ3v) is 4.02. The Morgan fingerprint density at radius 1 is 1.36 bits per heavy atom. The number of carbonyl (C=O) groups excluding carboxylic acids is 1. The molecule has 122 valence electrons. The minimum Gasteiger partial charge on any atom is -0.497 e. The van der Waals surface area contributed by atoms with Gasteiger partial charge in [0.05, 0.1) is 32.7 Å². The van der Waals surface area contributed by atoms with E-state index in [0.29, 0.717) is 17.2 Å². The van der Waals surface area contributed by atoms with Gasteiger partial charge in [-0.3, -0.25) is 4.79 Å². The van der Waals surface area contributed by atoms with Crippen molar-refractivity contribution in [2.45, 2.75) is 0 Å². The molecule has 1 rings (SSSR count). The lowest BCUT2D eigenvalue weighted by molar-refractivity contribution is -0.116. The van der Waals surface area contributed by atoms with Crippen molar-refractivity contribution in [2.75, 3.05) is 38.9 Å². The van der Waals surface area contributed by atoms with Crippen LogP contribution in [0.1, 0.15) is 0 Å². The van der Waals surface area contributed by atoms with Gasteiger partial charge < -0.3 is 14.8 Å². The molecule has 0 saturated heterocycles. The maximum Gasteiger partial charge on any atom is 0.239 e. The average Bonchev–Trinajstić information content (AvgIpc) is 2.45. The van der Waals surface area contributed by atoms with Crippen LogP contribution in [0.25, 0.3) is 0 Å². The SMILES string of the molecule is C=CCN(CC(=O)Nc1cc(OC)ccc1OC)S(C)(=O)=O. The molecule has 0 aliphatic heterocycles. The average molecular weight is 328 g/mol. The van der Waals surface area contributed by atoms with Gasteiger partial charge in [-0.25, -0.2) is 8.42 Å². The quantitative estimate of drug-likeness (QED) is 0.722. The largest absolute Gasteiger partial charge is 0.497 e. The van der Waals surface area contributed by atoms with E-state index in [2.05, 4.69) is 11.9 Å². The van der Waals surface area contributed by atoms with Gasteiger partial charge in [-0.05, 0) is 12.1 Å². The summed E-state index contributed by atoms with van der Waals surface area (Å²) in [4.78, 5) is 12.1. The molecule has 1 N–H and O–H groups in total. The van der Waals surface area contributed by atoms with Gasteiger partial charge in [0.15, 0.2) is 0 Å². The van der Waals surface area contributed by atoms with Crippen LogP contribution >= 0.6 is 0 Å². The first-order valence-corrected chi connectivity index (χ1v) is 8.24. The van der Waals surface area contributed by atoms with Crippen molar-refractivity contribution in [3.8, 4) is 11.5 Å². The van der Waals surface area contributed by atoms with Crippen LogP contribution in [0.3, 0.4) is 0 Å². The number of ether oxygens (including phenoxy) is 2. The molecule has 0 saturated carbocycles. The van der Waals surface area contributed by atoms with Crippen molar-refractivity contribution in [3.63, 3.8) is 0 Å². The number of benzene rings is 1. The maximum atomic E-state index is 12.1. The Labute approximate surface area is 130 Å². The van der Waals surface area contributed by atoms with Crippen LogP contribution in [-0.4, -0.2) is 52.2 Å². The smallest absolute Gasteiger partial charge is 0.239 e. The van der Waals surface area contributed by atoms with Gasteiger partial charge in [0.25, 0.3) is 0 Å². The monoisotopic (exact) mass is 328 g/mol. The number of anilines is 1. The van der Waals surface area contributed by atoms with Gasteiger partial charge in [0, 0.05) is 12.6 Å². The molecule has 1 amide bonds. The fourth-order valence-electron chi connectivity index (χ4n) is 1.72. The van der Waals surface area contributed by atoms with Crippen LogP contribution < -0.4 is 14.8 Å². The van der Waals surface area contributed by atoms with Gasteiger partial charge in [-0.1, -0.05) is 6.08 Å². The molecule has 0 aliphatic rings. The van der Waals surface area contributed by atoms with Crippen molar-refractivity contribution >= 4 is 21.6 Å². The summed E-state index contributed by atoms with van der Waals surface area (Å²) in [6.45, 7) is 3.22. The second-order valence-electron chi connectivity index (χ2n) is 4.46. The van der Waals surface area contributed by atoms with E-state index in [1.165, 1.54) is 20.3 Å². The summed E-state index contributed by atoms with van der Waals surface area (Å²) < 4.78 is 34.4. The number of hydrogen-bond donors (Lipinski definition) is 1. The number of methoxy groups -OCH3 is 2. The Bertz CT molecular complexity index is 643. The van der Waals surface area contributed by atoms with E-state index in [0.717, 1.165) is 10.6 Å². The van der Waals surface area contributed by atoms with Crippen LogP contribution in [0.15, 0.2) is 30.9 Å². The molecule has 0 aliphatic carbocycles. The van der Waals surface area contributed by atoms with Crippen molar-refractivity contribution in [3.05, 3.63) is 30.9 Å². The van der Waals surface area contributed by atoms with Gasteiger partial charge >= 0.3 is 0 Å². The van der Waals surface area contributed by atoms with E-state index < -0.39 is 15.9 Å². The molecular formula is C14H20N2O5S. The molecule has 0 heterocycles. The first kappa shape index (κ1) is 18.0. The standard InChI is InChI=1S/C14H20N2O5S/c1-5-8-16(22(4,18)19)10-14(17)15-12-9-11(20-2)6-7-13(12)21-3/h5-7,9H,1,8,10H2,2-4H3,(H,15,17). The number of hydrogen-bond acceptors (Lipinski definition) is 5.